The third-order valence-electron chi connectivity index (χ3n) is 5.00. The Labute approximate surface area is 160 Å². The van der Waals surface area contributed by atoms with Crippen LogP contribution in [0.5, 0.6) is 0 Å². The fourth-order valence-corrected chi connectivity index (χ4v) is 3.14. The van der Waals surface area contributed by atoms with Crippen LogP contribution in [-0.4, -0.2) is 24.5 Å². The minimum Gasteiger partial charge on any atom is -0.317 e. The fraction of sp³-hybridized carbons (Fsp3) is 0.400. The minimum atomic E-state index is -0.572. The van der Waals surface area contributed by atoms with E-state index < -0.39 is 22.5 Å². The minimum absolute atomic E-state index is 0.0124. The third kappa shape index (κ3) is 2.98. The van der Waals surface area contributed by atoms with Crippen molar-refractivity contribution in [1.82, 2.24) is 18.7 Å². The van der Waals surface area contributed by atoms with Gasteiger partial charge >= 0.3 is 5.69 Å². The van der Waals surface area contributed by atoms with Crippen molar-refractivity contribution in [3.05, 3.63) is 57.2 Å². The monoisotopic (exact) mass is 384 g/mol. The number of hydrogen-bond acceptors (Lipinski definition) is 4. The van der Waals surface area contributed by atoms with E-state index in [1.54, 1.807) is 0 Å². The summed E-state index contributed by atoms with van der Waals surface area (Å²) in [5.41, 5.74) is -0.733. The van der Waals surface area contributed by atoms with Crippen molar-refractivity contribution in [2.45, 2.75) is 46.2 Å². The number of halogens is 1. The number of ketones is 1. The molecule has 8 heteroatoms. The number of carbonyl (C=O) groups is 1. The highest BCUT2D eigenvalue weighted by molar-refractivity contribution is 5.85. The van der Waals surface area contributed by atoms with Crippen LogP contribution in [0.15, 0.2) is 40.2 Å². The molecule has 1 aliphatic carbocycles. The highest BCUT2D eigenvalue weighted by atomic mass is 19.1. The number of hydrogen-bond donors (Lipinski definition) is 0. The summed E-state index contributed by atoms with van der Waals surface area (Å²) in [6.45, 7) is 5.42. The second kappa shape index (κ2) is 6.25. The zero-order valence-electron chi connectivity index (χ0n) is 16.0. The molecule has 0 aliphatic heterocycles. The van der Waals surface area contributed by atoms with E-state index in [4.69, 9.17) is 0 Å². The first kappa shape index (κ1) is 18.3. The van der Waals surface area contributed by atoms with Gasteiger partial charge in [0.05, 0.1) is 18.6 Å². The number of imidazole rings is 1. The van der Waals surface area contributed by atoms with E-state index in [0.717, 1.165) is 12.8 Å². The standard InChI is InChI=1S/C20H21FN4O3/c1-20(2,3)15(26)10-23-11-22-17-16(23)18(27)25(14-8-9-14)19(28)24(17)13-6-4-12(21)5-7-13/h4-7,11,14H,8-10H2,1-3H3. The predicted molar refractivity (Wildman–Crippen MR) is 102 cm³/mol. The van der Waals surface area contributed by atoms with E-state index in [2.05, 4.69) is 4.98 Å². The molecule has 4 rings (SSSR count). The van der Waals surface area contributed by atoms with Gasteiger partial charge in [0.2, 0.25) is 0 Å². The van der Waals surface area contributed by atoms with Crippen LogP contribution >= 0.6 is 0 Å². The second-order valence-corrected chi connectivity index (χ2v) is 8.22. The summed E-state index contributed by atoms with van der Waals surface area (Å²) >= 11 is 0. The van der Waals surface area contributed by atoms with E-state index in [0.29, 0.717) is 5.69 Å². The number of aromatic nitrogens is 4. The molecular weight excluding hydrogens is 363 g/mol. The molecule has 0 bridgehead atoms. The van der Waals surface area contributed by atoms with Crippen LogP contribution in [0.3, 0.4) is 0 Å². The summed E-state index contributed by atoms with van der Waals surface area (Å²) < 4.78 is 17.4. The molecule has 28 heavy (non-hydrogen) atoms. The molecule has 0 amide bonds. The Balaban J connectivity index is 2.00. The topological polar surface area (TPSA) is 78.9 Å². The fourth-order valence-electron chi connectivity index (χ4n) is 3.14. The molecule has 0 radical (unpaired) electrons. The van der Waals surface area contributed by atoms with Crippen molar-refractivity contribution in [3.63, 3.8) is 0 Å². The van der Waals surface area contributed by atoms with Gasteiger partial charge in [-0.25, -0.2) is 18.7 Å². The Bertz CT molecular complexity index is 1190. The molecule has 0 spiro atoms. The SMILES string of the molecule is CC(C)(C)C(=O)Cn1cnc2c1c(=O)n(C1CC1)c(=O)n2-c1ccc(F)cc1. The molecule has 1 aliphatic rings. The van der Waals surface area contributed by atoms with Crippen molar-refractivity contribution in [2.75, 3.05) is 0 Å². The molecule has 2 heterocycles. The van der Waals surface area contributed by atoms with E-state index in [-0.39, 0.29) is 29.5 Å². The van der Waals surface area contributed by atoms with Crippen molar-refractivity contribution in [1.29, 1.82) is 0 Å². The molecule has 1 aromatic carbocycles. The van der Waals surface area contributed by atoms with Crippen LogP contribution in [0.1, 0.15) is 39.7 Å². The van der Waals surface area contributed by atoms with Gasteiger partial charge in [0, 0.05) is 11.5 Å². The van der Waals surface area contributed by atoms with Gasteiger partial charge in [-0.3, -0.25) is 14.2 Å². The average molecular weight is 384 g/mol. The van der Waals surface area contributed by atoms with Gasteiger partial charge in [0.25, 0.3) is 5.56 Å². The summed E-state index contributed by atoms with van der Waals surface area (Å²) in [4.78, 5) is 42.9. The molecular formula is C20H21FN4O3. The maximum atomic E-state index is 13.4. The number of carbonyl (C=O) groups excluding carboxylic acids is 1. The normalized spacial score (nSPS) is 14.6. The second-order valence-electron chi connectivity index (χ2n) is 8.22. The van der Waals surface area contributed by atoms with Crippen LogP contribution in [0.4, 0.5) is 4.39 Å². The Morgan fingerprint density at radius 3 is 2.39 bits per heavy atom. The van der Waals surface area contributed by atoms with Crippen molar-refractivity contribution >= 4 is 16.9 Å². The molecule has 1 fully saturated rings. The lowest BCUT2D eigenvalue weighted by atomic mass is 9.91. The summed E-state index contributed by atoms with van der Waals surface area (Å²) in [7, 11) is 0. The lowest BCUT2D eigenvalue weighted by Crippen LogP contribution is -2.40. The number of Topliss-reactive ketones (excluding diaryl/α,β-unsaturated/α-hetero) is 1. The average Bonchev–Trinajstić information content (AvgIpc) is 3.36. The number of benzene rings is 1. The van der Waals surface area contributed by atoms with Gasteiger partial charge in [-0.15, -0.1) is 0 Å². The number of nitrogens with zero attached hydrogens (tertiary/aromatic N) is 4. The van der Waals surface area contributed by atoms with Crippen LogP contribution < -0.4 is 11.2 Å². The lowest BCUT2D eigenvalue weighted by molar-refractivity contribution is -0.126. The highest BCUT2D eigenvalue weighted by Gasteiger charge is 2.31. The van der Waals surface area contributed by atoms with E-state index in [1.807, 2.05) is 20.8 Å². The predicted octanol–water partition coefficient (Wildman–Crippen LogP) is 2.44. The van der Waals surface area contributed by atoms with Gasteiger partial charge in [0.1, 0.15) is 5.82 Å². The van der Waals surface area contributed by atoms with Gasteiger partial charge in [-0.2, -0.15) is 0 Å². The Morgan fingerprint density at radius 1 is 1.18 bits per heavy atom. The Morgan fingerprint density at radius 2 is 1.82 bits per heavy atom. The van der Waals surface area contributed by atoms with E-state index >= 15 is 0 Å². The summed E-state index contributed by atoms with van der Waals surface area (Å²) in [6, 6.07) is 5.28. The van der Waals surface area contributed by atoms with Crippen LogP contribution in [0.2, 0.25) is 0 Å². The third-order valence-corrected chi connectivity index (χ3v) is 5.00. The van der Waals surface area contributed by atoms with E-state index in [1.165, 1.54) is 44.3 Å². The zero-order valence-corrected chi connectivity index (χ0v) is 16.0. The maximum Gasteiger partial charge on any atom is 0.337 e. The smallest absolute Gasteiger partial charge is 0.317 e. The molecule has 0 unspecified atom stereocenters. The summed E-state index contributed by atoms with van der Waals surface area (Å²) in [5.74, 6) is -0.478. The Hall–Kier alpha value is -3.03. The van der Waals surface area contributed by atoms with Gasteiger partial charge in [0.15, 0.2) is 16.9 Å². The Kier molecular flexibility index (Phi) is 4.10. The molecule has 2 aromatic heterocycles. The first-order valence-corrected chi connectivity index (χ1v) is 9.20. The first-order chi connectivity index (χ1) is 13.2. The van der Waals surface area contributed by atoms with Crippen LogP contribution in [-0.2, 0) is 11.3 Å². The molecule has 146 valence electrons. The number of fused-ring (bicyclic) bond motifs is 1. The van der Waals surface area contributed by atoms with Crippen molar-refractivity contribution in [3.8, 4) is 5.69 Å². The van der Waals surface area contributed by atoms with Crippen molar-refractivity contribution in [2.24, 2.45) is 5.41 Å². The molecule has 7 nitrogen and oxygen atoms in total. The number of rotatable bonds is 4. The van der Waals surface area contributed by atoms with E-state index in [9.17, 15) is 18.8 Å². The highest BCUT2D eigenvalue weighted by Crippen LogP contribution is 2.32. The molecule has 1 saturated carbocycles. The van der Waals surface area contributed by atoms with Gasteiger partial charge in [-0.1, -0.05) is 20.8 Å². The van der Waals surface area contributed by atoms with Crippen molar-refractivity contribution < 1.29 is 9.18 Å². The molecule has 3 aromatic rings. The largest absolute Gasteiger partial charge is 0.337 e. The van der Waals surface area contributed by atoms with Crippen LogP contribution in [0, 0.1) is 11.2 Å². The summed E-state index contributed by atoms with van der Waals surface area (Å²) in [6.07, 6.45) is 2.91. The quantitative estimate of drug-likeness (QED) is 0.692. The van der Waals surface area contributed by atoms with Gasteiger partial charge in [-0.05, 0) is 37.1 Å². The van der Waals surface area contributed by atoms with Gasteiger partial charge < -0.3 is 4.57 Å². The molecule has 0 atom stereocenters. The maximum absolute atomic E-state index is 13.4. The molecule has 0 saturated heterocycles. The lowest BCUT2D eigenvalue weighted by Gasteiger charge is -2.17. The molecule has 0 N–H and O–H groups in total. The zero-order chi connectivity index (χ0) is 20.2. The van der Waals surface area contributed by atoms with Crippen LogP contribution in [0.25, 0.3) is 16.9 Å². The summed E-state index contributed by atoms with van der Waals surface area (Å²) in [5, 5.41) is 0. The first-order valence-electron chi connectivity index (χ1n) is 9.20.